The Morgan fingerprint density at radius 2 is 2.00 bits per heavy atom. The predicted molar refractivity (Wildman–Crippen MR) is 75.1 cm³/mol. The first-order valence-corrected chi connectivity index (χ1v) is 7.53. The van der Waals surface area contributed by atoms with E-state index in [0.717, 1.165) is 22.3 Å². The molecule has 0 aliphatic carbocycles. The number of aryl methyl sites for hydroxylation is 2. The molecule has 0 N–H and O–H groups in total. The molecule has 18 heavy (non-hydrogen) atoms. The zero-order valence-electron chi connectivity index (χ0n) is 11.3. The van der Waals surface area contributed by atoms with Gasteiger partial charge in [-0.3, -0.25) is 0 Å². The molecule has 98 valence electrons. The standard InChI is InChI=1S/C13H20N4S/c1-4-5-6-7-8-18-13-15-12-14-10(2)9-11(3)17(12)16-13/h9H,4-8H2,1-3H3. The van der Waals surface area contributed by atoms with E-state index in [1.165, 1.54) is 25.7 Å². The lowest BCUT2D eigenvalue weighted by atomic mass is 10.2. The largest absolute Gasteiger partial charge is 0.253 e. The Morgan fingerprint density at radius 1 is 1.17 bits per heavy atom. The van der Waals surface area contributed by atoms with Crippen molar-refractivity contribution in [2.75, 3.05) is 5.75 Å². The minimum absolute atomic E-state index is 0.712. The van der Waals surface area contributed by atoms with Crippen LogP contribution in [0.1, 0.15) is 44.0 Å². The lowest BCUT2D eigenvalue weighted by Gasteiger charge is -1.97. The van der Waals surface area contributed by atoms with E-state index >= 15 is 0 Å². The molecule has 2 aromatic rings. The van der Waals surface area contributed by atoms with Gasteiger partial charge in [0.2, 0.25) is 5.16 Å². The molecular formula is C13H20N4S. The van der Waals surface area contributed by atoms with Gasteiger partial charge in [0, 0.05) is 17.1 Å². The van der Waals surface area contributed by atoms with Gasteiger partial charge in [-0.25, -0.2) is 9.50 Å². The summed E-state index contributed by atoms with van der Waals surface area (Å²) in [5, 5.41) is 5.32. The van der Waals surface area contributed by atoms with Gasteiger partial charge in [0.05, 0.1) is 0 Å². The van der Waals surface area contributed by atoms with Crippen molar-refractivity contribution in [2.45, 2.75) is 51.6 Å². The summed E-state index contributed by atoms with van der Waals surface area (Å²) in [4.78, 5) is 8.85. The smallest absolute Gasteiger partial charge is 0.216 e. The van der Waals surface area contributed by atoms with Crippen molar-refractivity contribution >= 4 is 17.5 Å². The van der Waals surface area contributed by atoms with E-state index < -0.39 is 0 Å². The molecule has 0 unspecified atom stereocenters. The summed E-state index contributed by atoms with van der Waals surface area (Å²) in [7, 11) is 0. The van der Waals surface area contributed by atoms with Crippen LogP contribution in [-0.4, -0.2) is 25.3 Å². The number of hydrogen-bond donors (Lipinski definition) is 0. The van der Waals surface area contributed by atoms with Crippen LogP contribution in [-0.2, 0) is 0 Å². The van der Waals surface area contributed by atoms with Crippen molar-refractivity contribution in [3.63, 3.8) is 0 Å². The zero-order valence-corrected chi connectivity index (χ0v) is 12.1. The third kappa shape index (κ3) is 3.22. The van der Waals surface area contributed by atoms with E-state index in [0.29, 0.717) is 5.78 Å². The monoisotopic (exact) mass is 264 g/mol. The molecule has 0 spiro atoms. The second kappa shape index (κ2) is 6.18. The van der Waals surface area contributed by atoms with Gasteiger partial charge in [0.25, 0.3) is 5.78 Å². The van der Waals surface area contributed by atoms with Crippen LogP contribution in [0.15, 0.2) is 11.2 Å². The van der Waals surface area contributed by atoms with Gasteiger partial charge in [-0.2, -0.15) is 4.98 Å². The summed E-state index contributed by atoms with van der Waals surface area (Å²) in [6, 6.07) is 2.03. The van der Waals surface area contributed by atoms with Crippen LogP contribution in [0, 0.1) is 13.8 Å². The Balaban J connectivity index is 2.00. The number of nitrogens with zero attached hydrogens (tertiary/aromatic N) is 4. The van der Waals surface area contributed by atoms with Crippen LogP contribution in [0.25, 0.3) is 5.78 Å². The molecule has 0 aliphatic heterocycles. The van der Waals surface area contributed by atoms with Gasteiger partial charge in [-0.05, 0) is 26.3 Å². The summed E-state index contributed by atoms with van der Waals surface area (Å²) in [6.07, 6.45) is 5.13. The molecule has 0 aliphatic rings. The third-order valence-electron chi connectivity index (χ3n) is 2.83. The summed E-state index contributed by atoms with van der Waals surface area (Å²) in [5.74, 6) is 1.80. The predicted octanol–water partition coefficient (Wildman–Crippen LogP) is 3.41. The normalized spacial score (nSPS) is 11.3. The molecular weight excluding hydrogens is 244 g/mol. The molecule has 0 amide bonds. The van der Waals surface area contributed by atoms with Gasteiger partial charge in [0.1, 0.15) is 0 Å². The molecule has 4 nitrogen and oxygen atoms in total. The van der Waals surface area contributed by atoms with Crippen molar-refractivity contribution in [1.29, 1.82) is 0 Å². The molecule has 2 heterocycles. The average molecular weight is 264 g/mol. The fraction of sp³-hybridized carbons (Fsp3) is 0.615. The average Bonchev–Trinajstić information content (AvgIpc) is 2.72. The summed E-state index contributed by atoms with van der Waals surface area (Å²) in [6.45, 7) is 6.25. The molecule has 2 rings (SSSR count). The van der Waals surface area contributed by atoms with Gasteiger partial charge in [-0.15, -0.1) is 5.10 Å². The first-order valence-electron chi connectivity index (χ1n) is 6.54. The highest BCUT2D eigenvalue weighted by molar-refractivity contribution is 7.99. The number of aromatic nitrogens is 4. The number of rotatable bonds is 6. The number of unbranched alkanes of at least 4 members (excludes halogenated alkanes) is 3. The van der Waals surface area contributed by atoms with Crippen molar-refractivity contribution in [1.82, 2.24) is 19.6 Å². The molecule has 0 saturated carbocycles. The van der Waals surface area contributed by atoms with Gasteiger partial charge >= 0.3 is 0 Å². The Hall–Kier alpha value is -1.10. The molecule has 0 aromatic carbocycles. The Morgan fingerprint density at radius 3 is 2.78 bits per heavy atom. The molecule has 0 saturated heterocycles. The minimum Gasteiger partial charge on any atom is -0.216 e. The van der Waals surface area contributed by atoms with E-state index in [9.17, 15) is 0 Å². The minimum atomic E-state index is 0.712. The lowest BCUT2D eigenvalue weighted by molar-refractivity contribution is 0.706. The first kappa shape index (κ1) is 13.3. The number of fused-ring (bicyclic) bond motifs is 1. The maximum absolute atomic E-state index is 4.48. The van der Waals surface area contributed by atoms with Crippen LogP contribution in [0.2, 0.25) is 0 Å². The third-order valence-corrected chi connectivity index (χ3v) is 3.75. The second-order valence-electron chi connectivity index (χ2n) is 4.55. The quantitative estimate of drug-likeness (QED) is 0.592. The van der Waals surface area contributed by atoms with Crippen LogP contribution in [0.5, 0.6) is 0 Å². The van der Waals surface area contributed by atoms with Crippen molar-refractivity contribution in [2.24, 2.45) is 0 Å². The lowest BCUT2D eigenvalue weighted by Crippen LogP contribution is -1.97. The highest BCUT2D eigenvalue weighted by Gasteiger charge is 2.07. The van der Waals surface area contributed by atoms with Crippen LogP contribution in [0.4, 0.5) is 0 Å². The molecule has 2 aromatic heterocycles. The summed E-state index contributed by atoms with van der Waals surface area (Å²) < 4.78 is 1.82. The summed E-state index contributed by atoms with van der Waals surface area (Å²) in [5.41, 5.74) is 2.08. The zero-order chi connectivity index (χ0) is 13.0. The number of thioether (sulfide) groups is 1. The van der Waals surface area contributed by atoms with Crippen molar-refractivity contribution in [3.8, 4) is 0 Å². The van der Waals surface area contributed by atoms with E-state index in [4.69, 9.17) is 0 Å². The van der Waals surface area contributed by atoms with Crippen LogP contribution >= 0.6 is 11.8 Å². The van der Waals surface area contributed by atoms with Crippen molar-refractivity contribution < 1.29 is 0 Å². The molecule has 0 bridgehead atoms. The summed E-state index contributed by atoms with van der Waals surface area (Å²) >= 11 is 1.73. The van der Waals surface area contributed by atoms with E-state index in [1.807, 2.05) is 24.4 Å². The fourth-order valence-electron chi connectivity index (χ4n) is 1.90. The molecule has 0 radical (unpaired) electrons. The molecule has 0 atom stereocenters. The Labute approximate surface area is 112 Å². The van der Waals surface area contributed by atoms with E-state index in [1.54, 1.807) is 11.8 Å². The molecule has 0 fully saturated rings. The SMILES string of the molecule is CCCCCCSc1nc2nc(C)cc(C)n2n1. The highest BCUT2D eigenvalue weighted by Crippen LogP contribution is 2.17. The maximum atomic E-state index is 4.48. The molecule has 5 heteroatoms. The Kier molecular flexibility index (Phi) is 4.58. The maximum Gasteiger partial charge on any atom is 0.253 e. The Bertz CT molecular complexity index is 521. The highest BCUT2D eigenvalue weighted by atomic mass is 32.2. The van der Waals surface area contributed by atoms with Gasteiger partial charge in [0.15, 0.2) is 0 Å². The van der Waals surface area contributed by atoms with Crippen LogP contribution in [0.3, 0.4) is 0 Å². The van der Waals surface area contributed by atoms with Crippen LogP contribution < -0.4 is 0 Å². The van der Waals surface area contributed by atoms with Gasteiger partial charge in [-0.1, -0.05) is 37.9 Å². The topological polar surface area (TPSA) is 43.1 Å². The number of hydrogen-bond acceptors (Lipinski definition) is 4. The van der Waals surface area contributed by atoms with Crippen molar-refractivity contribution in [3.05, 3.63) is 17.5 Å². The second-order valence-corrected chi connectivity index (χ2v) is 5.62. The van der Waals surface area contributed by atoms with Gasteiger partial charge < -0.3 is 0 Å². The van der Waals surface area contributed by atoms with E-state index in [2.05, 4.69) is 22.0 Å². The van der Waals surface area contributed by atoms with E-state index in [-0.39, 0.29) is 0 Å². The fourth-order valence-corrected chi connectivity index (χ4v) is 2.72. The first-order chi connectivity index (χ1) is 8.70.